The highest BCUT2D eigenvalue weighted by atomic mass is 19.1. The van der Waals surface area contributed by atoms with Crippen LogP contribution < -0.4 is 9.64 Å². The number of benzene rings is 2. The monoisotopic (exact) mass is 450 g/mol. The Morgan fingerprint density at radius 2 is 1.61 bits per heavy atom. The maximum atomic E-state index is 13.4. The minimum Gasteiger partial charge on any atom is -0.497 e. The van der Waals surface area contributed by atoms with Crippen LogP contribution in [0.2, 0.25) is 0 Å². The third-order valence-electron chi connectivity index (χ3n) is 6.25. The number of halogens is 1. The normalized spacial score (nSPS) is 15.1. The number of anilines is 1. The molecule has 4 rings (SSSR count). The van der Waals surface area contributed by atoms with Gasteiger partial charge in [0.05, 0.1) is 24.0 Å². The Morgan fingerprint density at radius 3 is 2.21 bits per heavy atom. The molecule has 1 aromatic heterocycles. The highest BCUT2D eigenvalue weighted by Gasteiger charge is 2.21. The highest BCUT2D eigenvalue weighted by molar-refractivity contribution is 5.60. The van der Waals surface area contributed by atoms with Crippen LogP contribution in [0.4, 0.5) is 10.1 Å². The highest BCUT2D eigenvalue weighted by Crippen LogP contribution is 2.27. The predicted octanol–water partition coefficient (Wildman–Crippen LogP) is 5.21. The Balaban J connectivity index is 1.32. The van der Waals surface area contributed by atoms with Gasteiger partial charge in [0.1, 0.15) is 11.6 Å². The molecular formula is C27H35FN4O. The molecule has 0 saturated carbocycles. The lowest BCUT2D eigenvalue weighted by Crippen LogP contribution is -2.46. The van der Waals surface area contributed by atoms with Gasteiger partial charge in [-0.2, -0.15) is 5.10 Å². The summed E-state index contributed by atoms with van der Waals surface area (Å²) in [5.74, 6) is 0.682. The van der Waals surface area contributed by atoms with Gasteiger partial charge in [0.15, 0.2) is 0 Å². The minimum atomic E-state index is -0.215. The second-order valence-electron chi connectivity index (χ2n) is 9.74. The number of aryl methyl sites for hydroxylation is 1. The molecule has 0 unspecified atom stereocenters. The lowest BCUT2D eigenvalue weighted by Gasteiger charge is -2.36. The van der Waals surface area contributed by atoms with E-state index in [1.54, 1.807) is 7.11 Å². The summed E-state index contributed by atoms with van der Waals surface area (Å²) in [5.41, 5.74) is 4.27. The Hall–Kier alpha value is -2.86. The lowest BCUT2D eigenvalue weighted by molar-refractivity contribution is 0.254. The molecule has 5 nitrogen and oxygen atoms in total. The van der Waals surface area contributed by atoms with E-state index in [9.17, 15) is 4.39 Å². The minimum absolute atomic E-state index is 0.139. The lowest BCUT2D eigenvalue weighted by atomic mass is 10.1. The molecule has 1 saturated heterocycles. The van der Waals surface area contributed by atoms with Crippen molar-refractivity contribution in [2.75, 3.05) is 44.7 Å². The average Bonchev–Trinajstić information content (AvgIpc) is 3.25. The van der Waals surface area contributed by atoms with Crippen LogP contribution >= 0.6 is 0 Å². The molecule has 33 heavy (non-hydrogen) atoms. The standard InChI is InChI=1S/C27H35FN4O/c1-27(2,3)32-26(21-7-9-22(28)10-8-21)20-23(29-32)6-5-15-30-16-18-31(19-17-30)24-11-13-25(33-4)14-12-24/h7-14,20H,5-6,15-19H2,1-4H3. The van der Waals surface area contributed by atoms with Crippen molar-refractivity contribution >= 4 is 5.69 Å². The molecule has 2 aromatic carbocycles. The Kier molecular flexibility index (Phi) is 7.03. The molecule has 1 fully saturated rings. The number of methoxy groups -OCH3 is 1. The van der Waals surface area contributed by atoms with E-state index in [4.69, 9.17) is 9.84 Å². The van der Waals surface area contributed by atoms with E-state index in [1.165, 1.54) is 17.8 Å². The van der Waals surface area contributed by atoms with Gasteiger partial charge in [0.2, 0.25) is 0 Å². The first-order valence-electron chi connectivity index (χ1n) is 11.8. The van der Waals surface area contributed by atoms with Crippen LogP contribution in [0.1, 0.15) is 32.9 Å². The van der Waals surface area contributed by atoms with Gasteiger partial charge in [-0.1, -0.05) is 0 Å². The third-order valence-corrected chi connectivity index (χ3v) is 6.25. The molecular weight excluding hydrogens is 415 g/mol. The van der Waals surface area contributed by atoms with Gasteiger partial charge in [0.25, 0.3) is 0 Å². The first-order valence-corrected chi connectivity index (χ1v) is 11.8. The van der Waals surface area contributed by atoms with Gasteiger partial charge >= 0.3 is 0 Å². The van der Waals surface area contributed by atoms with Crippen LogP contribution in [0.5, 0.6) is 5.75 Å². The van der Waals surface area contributed by atoms with Crippen LogP contribution in [0.15, 0.2) is 54.6 Å². The summed E-state index contributed by atoms with van der Waals surface area (Å²) in [6.07, 6.45) is 2.02. The largest absolute Gasteiger partial charge is 0.497 e. The number of aromatic nitrogens is 2. The first-order chi connectivity index (χ1) is 15.8. The SMILES string of the molecule is COc1ccc(N2CCN(CCCc3cc(-c4ccc(F)cc4)n(C(C)(C)C)n3)CC2)cc1. The van der Waals surface area contributed by atoms with Crippen molar-refractivity contribution in [3.05, 3.63) is 66.1 Å². The number of hydrogen-bond acceptors (Lipinski definition) is 4. The summed E-state index contributed by atoms with van der Waals surface area (Å²) in [6, 6.07) is 17.2. The van der Waals surface area contributed by atoms with Crippen LogP contribution in [-0.4, -0.2) is 54.5 Å². The van der Waals surface area contributed by atoms with Crippen molar-refractivity contribution in [1.29, 1.82) is 0 Å². The first kappa shape index (κ1) is 23.3. The van der Waals surface area contributed by atoms with Crippen LogP contribution in [0.25, 0.3) is 11.3 Å². The van der Waals surface area contributed by atoms with Crippen molar-refractivity contribution < 1.29 is 9.13 Å². The molecule has 0 N–H and O–H groups in total. The summed E-state index contributed by atoms with van der Waals surface area (Å²) < 4.78 is 20.7. The number of hydrogen-bond donors (Lipinski definition) is 0. The number of nitrogens with zero attached hydrogens (tertiary/aromatic N) is 4. The van der Waals surface area contributed by atoms with Crippen LogP contribution in [-0.2, 0) is 12.0 Å². The van der Waals surface area contributed by atoms with Gasteiger partial charge in [0, 0.05) is 37.4 Å². The van der Waals surface area contributed by atoms with Gasteiger partial charge in [-0.25, -0.2) is 4.39 Å². The zero-order chi connectivity index (χ0) is 23.4. The summed E-state index contributed by atoms with van der Waals surface area (Å²) in [7, 11) is 1.70. The second kappa shape index (κ2) is 9.96. The van der Waals surface area contributed by atoms with Gasteiger partial charge in [-0.15, -0.1) is 0 Å². The van der Waals surface area contributed by atoms with Crippen molar-refractivity contribution in [2.45, 2.75) is 39.2 Å². The smallest absolute Gasteiger partial charge is 0.123 e. The van der Waals surface area contributed by atoms with Gasteiger partial charge in [-0.3, -0.25) is 9.58 Å². The fourth-order valence-electron chi connectivity index (χ4n) is 4.40. The van der Waals surface area contributed by atoms with E-state index in [1.807, 2.05) is 24.3 Å². The van der Waals surface area contributed by atoms with Crippen LogP contribution in [0.3, 0.4) is 0 Å². The second-order valence-corrected chi connectivity index (χ2v) is 9.74. The zero-order valence-electron chi connectivity index (χ0n) is 20.2. The van der Waals surface area contributed by atoms with Crippen LogP contribution in [0, 0.1) is 5.82 Å². The quantitative estimate of drug-likeness (QED) is 0.495. The van der Waals surface area contributed by atoms with E-state index in [2.05, 4.69) is 53.5 Å². The molecule has 0 atom stereocenters. The molecule has 1 aliphatic heterocycles. The molecule has 6 heteroatoms. The molecule has 2 heterocycles. The molecule has 0 bridgehead atoms. The average molecular weight is 451 g/mol. The predicted molar refractivity (Wildman–Crippen MR) is 133 cm³/mol. The summed E-state index contributed by atoms with van der Waals surface area (Å²) >= 11 is 0. The maximum Gasteiger partial charge on any atom is 0.123 e. The van der Waals surface area contributed by atoms with Crippen molar-refractivity contribution in [3.8, 4) is 17.0 Å². The zero-order valence-corrected chi connectivity index (χ0v) is 20.2. The summed E-state index contributed by atoms with van der Waals surface area (Å²) in [4.78, 5) is 4.98. The fourth-order valence-corrected chi connectivity index (χ4v) is 4.40. The molecule has 3 aromatic rings. The topological polar surface area (TPSA) is 33.5 Å². The van der Waals surface area contributed by atoms with E-state index in [-0.39, 0.29) is 11.4 Å². The summed E-state index contributed by atoms with van der Waals surface area (Å²) in [5, 5.41) is 4.91. The maximum absolute atomic E-state index is 13.4. The molecule has 176 valence electrons. The Labute approximate surface area is 196 Å². The van der Waals surface area contributed by atoms with Crippen molar-refractivity contribution in [1.82, 2.24) is 14.7 Å². The Morgan fingerprint density at radius 1 is 0.939 bits per heavy atom. The molecule has 0 radical (unpaired) electrons. The number of ether oxygens (including phenoxy) is 1. The van der Waals surface area contributed by atoms with E-state index >= 15 is 0 Å². The fraction of sp³-hybridized carbons (Fsp3) is 0.444. The summed E-state index contributed by atoms with van der Waals surface area (Å²) in [6.45, 7) is 11.8. The number of rotatable bonds is 7. The molecule has 0 spiro atoms. The van der Waals surface area contributed by atoms with Gasteiger partial charge in [-0.05, 0) is 94.8 Å². The van der Waals surface area contributed by atoms with Gasteiger partial charge < -0.3 is 9.64 Å². The third kappa shape index (κ3) is 5.74. The van der Waals surface area contributed by atoms with Crippen molar-refractivity contribution in [2.24, 2.45) is 0 Å². The Bertz CT molecular complexity index is 1030. The number of piperazine rings is 1. The van der Waals surface area contributed by atoms with E-state index in [0.717, 1.165) is 68.3 Å². The van der Waals surface area contributed by atoms with E-state index < -0.39 is 0 Å². The van der Waals surface area contributed by atoms with Crippen molar-refractivity contribution in [3.63, 3.8) is 0 Å². The van der Waals surface area contributed by atoms with E-state index in [0.29, 0.717) is 0 Å². The molecule has 0 aliphatic carbocycles. The molecule has 0 amide bonds. The molecule has 1 aliphatic rings.